The van der Waals surface area contributed by atoms with E-state index in [2.05, 4.69) is 15.5 Å². The third-order valence-electron chi connectivity index (χ3n) is 3.14. The van der Waals surface area contributed by atoms with Crippen LogP contribution in [0.1, 0.15) is 0 Å². The lowest BCUT2D eigenvalue weighted by molar-refractivity contribution is -0.113. The first-order chi connectivity index (χ1) is 12.0. The Bertz CT molecular complexity index is 919. The lowest BCUT2D eigenvalue weighted by Gasteiger charge is -2.08. The SMILES string of the molecule is O=C(CSc1nncn1-c1cccc(Cl)c1)Nc1ccc(F)c(Cl)c1. The van der Waals surface area contributed by atoms with Crippen molar-refractivity contribution in [3.05, 3.63) is 64.7 Å². The van der Waals surface area contributed by atoms with Crippen LogP contribution in [0.25, 0.3) is 5.69 Å². The van der Waals surface area contributed by atoms with Gasteiger partial charge < -0.3 is 5.32 Å². The molecule has 1 N–H and O–H groups in total. The monoisotopic (exact) mass is 396 g/mol. The number of nitrogens with zero attached hydrogens (tertiary/aromatic N) is 3. The van der Waals surface area contributed by atoms with Gasteiger partial charge in [-0.25, -0.2) is 4.39 Å². The molecule has 0 bridgehead atoms. The molecule has 5 nitrogen and oxygen atoms in total. The molecule has 0 aliphatic carbocycles. The zero-order chi connectivity index (χ0) is 17.8. The summed E-state index contributed by atoms with van der Waals surface area (Å²) < 4.78 is 14.9. The van der Waals surface area contributed by atoms with Gasteiger partial charge >= 0.3 is 0 Å². The van der Waals surface area contributed by atoms with Crippen molar-refractivity contribution in [1.29, 1.82) is 0 Å². The topological polar surface area (TPSA) is 59.8 Å². The van der Waals surface area contributed by atoms with Crippen LogP contribution in [0, 0.1) is 5.82 Å². The summed E-state index contributed by atoms with van der Waals surface area (Å²) in [5.41, 5.74) is 1.22. The number of amides is 1. The van der Waals surface area contributed by atoms with Gasteiger partial charge in [0.1, 0.15) is 12.1 Å². The molecule has 0 spiro atoms. The molecule has 1 amide bonds. The molecule has 3 rings (SSSR count). The maximum Gasteiger partial charge on any atom is 0.234 e. The van der Waals surface area contributed by atoms with Crippen molar-refractivity contribution < 1.29 is 9.18 Å². The maximum atomic E-state index is 13.1. The molecule has 25 heavy (non-hydrogen) atoms. The fourth-order valence-corrected chi connectivity index (χ4v) is 3.12. The van der Waals surface area contributed by atoms with E-state index < -0.39 is 5.82 Å². The molecule has 0 saturated carbocycles. The third kappa shape index (κ3) is 4.50. The Balaban J connectivity index is 1.65. The second kappa shape index (κ2) is 7.86. The minimum absolute atomic E-state index is 0.0499. The fraction of sp³-hybridized carbons (Fsp3) is 0.0625. The zero-order valence-electron chi connectivity index (χ0n) is 12.6. The third-order valence-corrected chi connectivity index (χ3v) is 4.61. The Labute approximate surface area is 157 Å². The molecule has 128 valence electrons. The highest BCUT2D eigenvalue weighted by Gasteiger charge is 2.11. The number of hydrogen-bond acceptors (Lipinski definition) is 4. The lowest BCUT2D eigenvalue weighted by atomic mass is 10.3. The second-order valence-corrected chi connectivity index (χ2v) is 6.72. The van der Waals surface area contributed by atoms with Crippen LogP contribution < -0.4 is 5.32 Å². The van der Waals surface area contributed by atoms with Gasteiger partial charge in [0.25, 0.3) is 0 Å². The molecule has 3 aromatic rings. The molecule has 0 radical (unpaired) electrons. The highest BCUT2D eigenvalue weighted by molar-refractivity contribution is 7.99. The summed E-state index contributed by atoms with van der Waals surface area (Å²) in [6.07, 6.45) is 1.55. The molecule has 9 heteroatoms. The predicted octanol–water partition coefficient (Wildman–Crippen LogP) is 4.44. The molecule has 0 fully saturated rings. The summed E-state index contributed by atoms with van der Waals surface area (Å²) in [5.74, 6) is -0.703. The largest absolute Gasteiger partial charge is 0.325 e. The van der Waals surface area contributed by atoms with Crippen molar-refractivity contribution in [2.24, 2.45) is 0 Å². The van der Waals surface area contributed by atoms with Crippen molar-refractivity contribution in [2.45, 2.75) is 5.16 Å². The Morgan fingerprint density at radius 1 is 1.24 bits per heavy atom. The van der Waals surface area contributed by atoms with Gasteiger partial charge in [0.2, 0.25) is 5.91 Å². The number of anilines is 1. The van der Waals surface area contributed by atoms with E-state index >= 15 is 0 Å². The number of rotatable bonds is 5. The van der Waals surface area contributed by atoms with Gasteiger partial charge in [-0.1, -0.05) is 41.0 Å². The quantitative estimate of drug-likeness (QED) is 0.647. The second-order valence-electron chi connectivity index (χ2n) is 4.93. The van der Waals surface area contributed by atoms with Gasteiger partial charge in [-0.2, -0.15) is 0 Å². The molecule has 0 aliphatic rings. The molecule has 2 aromatic carbocycles. The van der Waals surface area contributed by atoms with Crippen molar-refractivity contribution >= 4 is 46.6 Å². The summed E-state index contributed by atoms with van der Waals surface area (Å²) in [6.45, 7) is 0. The molecule has 0 atom stereocenters. The predicted molar refractivity (Wildman–Crippen MR) is 97.1 cm³/mol. The minimum Gasteiger partial charge on any atom is -0.325 e. The lowest BCUT2D eigenvalue weighted by Crippen LogP contribution is -2.14. The van der Waals surface area contributed by atoms with Crippen LogP contribution in [0.2, 0.25) is 10.0 Å². The van der Waals surface area contributed by atoms with Crippen LogP contribution in [-0.4, -0.2) is 26.4 Å². The summed E-state index contributed by atoms with van der Waals surface area (Å²) in [4.78, 5) is 12.1. The molecule has 1 aromatic heterocycles. The van der Waals surface area contributed by atoms with Crippen LogP contribution in [-0.2, 0) is 4.79 Å². The number of carbonyl (C=O) groups excluding carboxylic acids is 1. The maximum absolute atomic E-state index is 13.1. The molecular formula is C16H11Cl2FN4OS. The van der Waals surface area contributed by atoms with Crippen LogP contribution in [0.15, 0.2) is 53.9 Å². The Kier molecular flexibility index (Phi) is 5.57. The van der Waals surface area contributed by atoms with E-state index in [9.17, 15) is 9.18 Å². The number of hydrogen-bond donors (Lipinski definition) is 1. The van der Waals surface area contributed by atoms with Crippen molar-refractivity contribution in [2.75, 3.05) is 11.1 Å². The van der Waals surface area contributed by atoms with Gasteiger partial charge in [-0.05, 0) is 36.4 Å². The van der Waals surface area contributed by atoms with Crippen LogP contribution >= 0.6 is 35.0 Å². The number of halogens is 3. The van der Waals surface area contributed by atoms with E-state index in [1.165, 1.54) is 30.0 Å². The summed E-state index contributed by atoms with van der Waals surface area (Å²) in [6, 6.07) is 11.2. The van der Waals surface area contributed by atoms with Crippen LogP contribution in [0.3, 0.4) is 0 Å². The van der Waals surface area contributed by atoms with Gasteiger partial charge in [-0.15, -0.1) is 10.2 Å². The first-order valence-electron chi connectivity index (χ1n) is 7.06. The molecule has 1 heterocycles. The van der Waals surface area contributed by atoms with Crippen LogP contribution in [0.4, 0.5) is 10.1 Å². The summed E-state index contributed by atoms with van der Waals surface area (Å²) >= 11 is 12.9. The minimum atomic E-state index is -0.538. The smallest absolute Gasteiger partial charge is 0.234 e. The van der Waals surface area contributed by atoms with Gasteiger partial charge in [0.05, 0.1) is 16.5 Å². The Morgan fingerprint density at radius 3 is 2.84 bits per heavy atom. The average molecular weight is 397 g/mol. The van der Waals surface area contributed by atoms with Crippen LogP contribution in [0.5, 0.6) is 0 Å². The zero-order valence-corrected chi connectivity index (χ0v) is 14.9. The molecule has 0 aliphatic heterocycles. The number of thioether (sulfide) groups is 1. The highest BCUT2D eigenvalue weighted by atomic mass is 35.5. The van der Waals surface area contributed by atoms with E-state index in [-0.39, 0.29) is 16.7 Å². The summed E-state index contributed by atoms with van der Waals surface area (Å²) in [7, 11) is 0. The van der Waals surface area contributed by atoms with Gasteiger partial charge in [0.15, 0.2) is 5.16 Å². The van der Waals surface area contributed by atoms with E-state index in [1.54, 1.807) is 23.0 Å². The standard InChI is InChI=1S/C16H11Cl2FN4OS/c17-10-2-1-3-12(6-10)23-9-20-22-16(23)25-8-15(24)21-11-4-5-14(19)13(18)7-11/h1-7,9H,8H2,(H,21,24). The number of nitrogens with one attached hydrogen (secondary N) is 1. The first-order valence-corrected chi connectivity index (χ1v) is 8.81. The molecular weight excluding hydrogens is 386 g/mol. The van der Waals surface area contributed by atoms with Crippen molar-refractivity contribution in [1.82, 2.24) is 14.8 Å². The van der Waals surface area contributed by atoms with E-state index in [0.29, 0.717) is 15.9 Å². The van der Waals surface area contributed by atoms with Gasteiger partial charge in [0, 0.05) is 10.7 Å². The van der Waals surface area contributed by atoms with E-state index in [4.69, 9.17) is 23.2 Å². The number of carbonyl (C=O) groups is 1. The Morgan fingerprint density at radius 2 is 2.08 bits per heavy atom. The van der Waals surface area contributed by atoms with E-state index in [1.807, 2.05) is 12.1 Å². The molecule has 0 saturated heterocycles. The van der Waals surface area contributed by atoms with Crippen molar-refractivity contribution in [3.63, 3.8) is 0 Å². The average Bonchev–Trinajstić information content (AvgIpc) is 3.05. The number of benzene rings is 2. The van der Waals surface area contributed by atoms with E-state index in [0.717, 1.165) is 5.69 Å². The van der Waals surface area contributed by atoms with Gasteiger partial charge in [-0.3, -0.25) is 9.36 Å². The fourth-order valence-electron chi connectivity index (χ4n) is 2.03. The summed E-state index contributed by atoms with van der Waals surface area (Å²) in [5, 5.41) is 11.6. The first kappa shape index (κ1) is 17.7. The molecule has 0 unspecified atom stereocenters. The normalized spacial score (nSPS) is 10.7. The van der Waals surface area contributed by atoms with Crippen molar-refractivity contribution in [3.8, 4) is 5.69 Å². The Hall–Kier alpha value is -2.09. The highest BCUT2D eigenvalue weighted by Crippen LogP contribution is 2.23. The number of aromatic nitrogens is 3.